The molecule has 0 aromatic rings. The summed E-state index contributed by atoms with van der Waals surface area (Å²) >= 11 is 0. The molecule has 0 saturated carbocycles. The van der Waals surface area contributed by atoms with Gasteiger partial charge < -0.3 is 37.6 Å². The Morgan fingerprint density at radius 3 is 1.85 bits per heavy atom. The quantitative estimate of drug-likeness (QED) is 0.150. The molecule has 0 aromatic carbocycles. The standard InChI is InChI=1S/C21H39N5O7/c1-6-11(4)16(23)19(30)26-17(12(5)27)20(31)24-13(7-8-15(22)28)18(29)25-14(21(32)33)9-10(2)3/h10-14,16-17,27H,6-9,23H2,1-5H3,(H2,22,28)(H,24,31)(H,25,29)(H,26,30)(H,32,33). The van der Waals surface area contributed by atoms with Gasteiger partial charge in [-0.2, -0.15) is 0 Å². The molecule has 12 heteroatoms. The van der Waals surface area contributed by atoms with E-state index in [-0.39, 0.29) is 31.1 Å². The number of aliphatic hydroxyl groups excluding tert-OH is 1. The number of carbonyl (C=O) groups excluding carboxylic acids is 4. The molecule has 9 N–H and O–H groups in total. The summed E-state index contributed by atoms with van der Waals surface area (Å²) in [5.41, 5.74) is 11.0. The number of hydrogen-bond acceptors (Lipinski definition) is 7. The van der Waals surface area contributed by atoms with Crippen LogP contribution < -0.4 is 27.4 Å². The van der Waals surface area contributed by atoms with Crippen molar-refractivity contribution in [2.24, 2.45) is 23.3 Å². The molecule has 4 amide bonds. The van der Waals surface area contributed by atoms with E-state index in [2.05, 4.69) is 16.0 Å². The molecule has 6 unspecified atom stereocenters. The molecule has 33 heavy (non-hydrogen) atoms. The Morgan fingerprint density at radius 1 is 0.879 bits per heavy atom. The number of rotatable bonds is 15. The number of hydrogen-bond donors (Lipinski definition) is 7. The summed E-state index contributed by atoms with van der Waals surface area (Å²) in [7, 11) is 0. The minimum atomic E-state index is -1.43. The summed E-state index contributed by atoms with van der Waals surface area (Å²) in [6.45, 7) is 8.47. The van der Waals surface area contributed by atoms with Crippen LogP contribution in [0.2, 0.25) is 0 Å². The first kappa shape index (κ1) is 30.3. The lowest BCUT2D eigenvalue weighted by atomic mass is 9.98. The smallest absolute Gasteiger partial charge is 0.326 e. The zero-order chi connectivity index (χ0) is 25.9. The normalized spacial score (nSPS) is 16.6. The summed E-state index contributed by atoms with van der Waals surface area (Å²) in [6, 6.07) is -4.86. The molecule has 0 radical (unpaired) electrons. The molecule has 0 aliphatic carbocycles. The average Bonchev–Trinajstić information content (AvgIpc) is 2.71. The number of carboxylic acids is 1. The average molecular weight is 474 g/mol. The van der Waals surface area contributed by atoms with Crippen molar-refractivity contribution in [3.8, 4) is 0 Å². The van der Waals surface area contributed by atoms with Crippen LogP contribution >= 0.6 is 0 Å². The molecule has 0 aromatic heterocycles. The largest absolute Gasteiger partial charge is 0.480 e. The van der Waals surface area contributed by atoms with Gasteiger partial charge in [0.25, 0.3) is 0 Å². The SMILES string of the molecule is CCC(C)C(N)C(=O)NC(C(=O)NC(CCC(N)=O)C(=O)NC(CC(C)C)C(=O)O)C(C)O. The highest BCUT2D eigenvalue weighted by Crippen LogP contribution is 2.09. The molecule has 0 rings (SSSR count). The fourth-order valence-electron chi connectivity index (χ4n) is 2.95. The third kappa shape index (κ3) is 11.1. The van der Waals surface area contributed by atoms with Gasteiger partial charge in [0.2, 0.25) is 23.6 Å². The maximum atomic E-state index is 12.8. The molecule has 0 spiro atoms. The van der Waals surface area contributed by atoms with Crippen molar-refractivity contribution in [3.05, 3.63) is 0 Å². The van der Waals surface area contributed by atoms with Crippen LogP contribution in [0.15, 0.2) is 0 Å². The van der Waals surface area contributed by atoms with Crippen LogP contribution in [-0.4, -0.2) is 70.1 Å². The van der Waals surface area contributed by atoms with E-state index in [9.17, 15) is 34.2 Å². The first-order chi connectivity index (χ1) is 15.2. The molecule has 0 aliphatic rings. The van der Waals surface area contributed by atoms with E-state index in [0.29, 0.717) is 6.42 Å². The van der Waals surface area contributed by atoms with Gasteiger partial charge in [0.1, 0.15) is 18.1 Å². The lowest BCUT2D eigenvalue weighted by Crippen LogP contribution is -2.60. The minimum Gasteiger partial charge on any atom is -0.480 e. The fraction of sp³-hybridized carbons (Fsp3) is 0.762. The van der Waals surface area contributed by atoms with Gasteiger partial charge in [-0.25, -0.2) is 4.79 Å². The third-order valence-corrected chi connectivity index (χ3v) is 5.26. The van der Waals surface area contributed by atoms with Crippen LogP contribution in [-0.2, 0) is 24.0 Å². The Kier molecular flexibility index (Phi) is 13.2. The second kappa shape index (κ2) is 14.4. The highest BCUT2D eigenvalue weighted by atomic mass is 16.4. The van der Waals surface area contributed by atoms with Gasteiger partial charge in [0.15, 0.2) is 0 Å². The van der Waals surface area contributed by atoms with E-state index >= 15 is 0 Å². The van der Waals surface area contributed by atoms with Crippen LogP contribution in [0.4, 0.5) is 0 Å². The number of carboxylic acid groups (broad SMARTS) is 1. The maximum absolute atomic E-state index is 12.8. The zero-order valence-electron chi connectivity index (χ0n) is 20.0. The number of nitrogens with two attached hydrogens (primary N) is 2. The topological polar surface area (TPSA) is 214 Å². The second-order valence-electron chi connectivity index (χ2n) is 8.73. The van der Waals surface area contributed by atoms with Gasteiger partial charge in [0, 0.05) is 6.42 Å². The fourth-order valence-corrected chi connectivity index (χ4v) is 2.95. The Labute approximate surface area is 194 Å². The van der Waals surface area contributed by atoms with Gasteiger partial charge in [-0.15, -0.1) is 0 Å². The molecule has 12 nitrogen and oxygen atoms in total. The van der Waals surface area contributed by atoms with E-state index in [1.54, 1.807) is 20.8 Å². The highest BCUT2D eigenvalue weighted by Gasteiger charge is 2.33. The van der Waals surface area contributed by atoms with Crippen molar-refractivity contribution in [1.82, 2.24) is 16.0 Å². The highest BCUT2D eigenvalue weighted by molar-refractivity contribution is 5.94. The molecule has 0 aliphatic heterocycles. The zero-order valence-corrected chi connectivity index (χ0v) is 20.0. The molecular formula is C21H39N5O7. The van der Waals surface area contributed by atoms with Crippen molar-refractivity contribution >= 4 is 29.6 Å². The van der Waals surface area contributed by atoms with E-state index in [4.69, 9.17) is 11.5 Å². The third-order valence-electron chi connectivity index (χ3n) is 5.26. The first-order valence-electron chi connectivity index (χ1n) is 11.1. The van der Waals surface area contributed by atoms with Crippen LogP contribution in [0, 0.1) is 11.8 Å². The van der Waals surface area contributed by atoms with Crippen LogP contribution in [0.25, 0.3) is 0 Å². The van der Waals surface area contributed by atoms with Crippen LogP contribution in [0.1, 0.15) is 60.3 Å². The molecule has 0 bridgehead atoms. The molecule has 0 heterocycles. The number of aliphatic hydroxyl groups is 1. The minimum absolute atomic E-state index is 0.0328. The monoisotopic (exact) mass is 473 g/mol. The summed E-state index contributed by atoms with van der Waals surface area (Å²) in [4.78, 5) is 60.6. The van der Waals surface area contributed by atoms with Gasteiger partial charge in [-0.1, -0.05) is 34.1 Å². The number of aliphatic carboxylic acids is 1. The van der Waals surface area contributed by atoms with Crippen molar-refractivity contribution in [2.75, 3.05) is 0 Å². The van der Waals surface area contributed by atoms with Crippen molar-refractivity contribution in [1.29, 1.82) is 0 Å². The Hall–Kier alpha value is -2.73. The van der Waals surface area contributed by atoms with Crippen molar-refractivity contribution in [3.63, 3.8) is 0 Å². The Balaban J connectivity index is 5.54. The Morgan fingerprint density at radius 2 is 1.42 bits per heavy atom. The summed E-state index contributed by atoms with van der Waals surface area (Å²) < 4.78 is 0. The van der Waals surface area contributed by atoms with Crippen LogP contribution in [0.5, 0.6) is 0 Å². The van der Waals surface area contributed by atoms with Gasteiger partial charge in [-0.05, 0) is 31.6 Å². The second-order valence-corrected chi connectivity index (χ2v) is 8.73. The van der Waals surface area contributed by atoms with E-state index < -0.39 is 59.9 Å². The van der Waals surface area contributed by atoms with Gasteiger partial charge in [-0.3, -0.25) is 19.2 Å². The predicted molar refractivity (Wildman–Crippen MR) is 120 cm³/mol. The lowest BCUT2D eigenvalue weighted by molar-refractivity contribution is -0.143. The number of carbonyl (C=O) groups is 5. The lowest BCUT2D eigenvalue weighted by Gasteiger charge is -2.27. The summed E-state index contributed by atoms with van der Waals surface area (Å²) in [5, 5.41) is 26.5. The van der Waals surface area contributed by atoms with E-state index in [0.717, 1.165) is 0 Å². The van der Waals surface area contributed by atoms with Crippen molar-refractivity contribution < 1.29 is 34.2 Å². The number of nitrogens with one attached hydrogen (secondary N) is 3. The molecule has 190 valence electrons. The molecular weight excluding hydrogens is 434 g/mol. The molecule has 0 saturated heterocycles. The van der Waals surface area contributed by atoms with E-state index in [1.807, 2.05) is 6.92 Å². The van der Waals surface area contributed by atoms with Gasteiger partial charge in [0.05, 0.1) is 12.1 Å². The molecule has 0 fully saturated rings. The summed E-state index contributed by atoms with van der Waals surface area (Å²) in [6.07, 6.45) is -1.02. The van der Waals surface area contributed by atoms with Crippen molar-refractivity contribution in [2.45, 2.75) is 90.6 Å². The molecule has 6 atom stereocenters. The number of primary amides is 1. The summed E-state index contributed by atoms with van der Waals surface area (Å²) in [5.74, 6) is -4.55. The predicted octanol–water partition coefficient (Wildman–Crippen LogP) is -1.41. The maximum Gasteiger partial charge on any atom is 0.326 e. The first-order valence-corrected chi connectivity index (χ1v) is 11.1. The van der Waals surface area contributed by atoms with Gasteiger partial charge >= 0.3 is 5.97 Å². The number of amides is 4. The van der Waals surface area contributed by atoms with E-state index in [1.165, 1.54) is 6.92 Å². The van der Waals surface area contributed by atoms with Crippen LogP contribution in [0.3, 0.4) is 0 Å². The Bertz CT molecular complexity index is 698.